The molecule has 3 amide bonds. The van der Waals surface area contributed by atoms with Gasteiger partial charge in [0.25, 0.3) is 0 Å². The summed E-state index contributed by atoms with van der Waals surface area (Å²) in [5.41, 5.74) is 3.25. The summed E-state index contributed by atoms with van der Waals surface area (Å²) in [5, 5.41) is 10.7. The molecule has 0 spiro atoms. The minimum Gasteiger partial charge on any atom is -0.308 e. The third-order valence-corrected chi connectivity index (χ3v) is 6.50. The predicted octanol–water partition coefficient (Wildman–Crippen LogP) is 6.57. The maximum Gasteiger partial charge on any atom is 0.323 e. The monoisotopic (exact) mass is 474 g/mol. The summed E-state index contributed by atoms with van der Waals surface area (Å²) in [7, 11) is 0. The third kappa shape index (κ3) is 6.44. The zero-order valence-electron chi connectivity index (χ0n) is 17.8. The van der Waals surface area contributed by atoms with E-state index in [1.54, 1.807) is 0 Å². The van der Waals surface area contributed by atoms with E-state index in [1.807, 2.05) is 97.2 Å². The number of hydrogen-bond acceptors (Lipinski definition) is 5. The highest BCUT2D eigenvalue weighted by atomic mass is 32.2. The van der Waals surface area contributed by atoms with Crippen molar-refractivity contribution in [3.05, 3.63) is 90.3 Å². The van der Waals surface area contributed by atoms with Gasteiger partial charge in [-0.2, -0.15) is 0 Å². The highest BCUT2D eigenvalue weighted by molar-refractivity contribution is 8.00. The van der Waals surface area contributed by atoms with E-state index in [0.717, 1.165) is 21.8 Å². The Bertz CT molecular complexity index is 1210. The van der Waals surface area contributed by atoms with Crippen LogP contribution in [-0.2, 0) is 4.79 Å². The lowest BCUT2D eigenvalue weighted by Crippen LogP contribution is -2.22. The van der Waals surface area contributed by atoms with Gasteiger partial charge in [0.05, 0.1) is 10.9 Å². The van der Waals surface area contributed by atoms with E-state index >= 15 is 0 Å². The fourth-order valence-corrected chi connectivity index (χ4v) is 4.56. The summed E-state index contributed by atoms with van der Waals surface area (Å²) in [5.74, 6) is -0.113. The number of nitrogens with one attached hydrogen (secondary N) is 3. The van der Waals surface area contributed by atoms with E-state index in [1.165, 1.54) is 23.1 Å². The number of carbonyl (C=O) groups is 2. The Balaban J connectivity index is 1.28. The lowest BCUT2D eigenvalue weighted by molar-refractivity contribution is -0.115. The van der Waals surface area contributed by atoms with Gasteiger partial charge in [0, 0.05) is 27.2 Å². The molecule has 1 aromatic heterocycles. The molecule has 1 heterocycles. The summed E-state index contributed by atoms with van der Waals surface area (Å²) in [6, 6.07) is 26.2. The number of urea groups is 1. The van der Waals surface area contributed by atoms with E-state index in [2.05, 4.69) is 20.9 Å². The number of benzene rings is 3. The average Bonchev–Trinajstić information content (AvgIpc) is 3.30. The second-order valence-electron chi connectivity index (χ2n) is 7.12. The minimum absolute atomic E-state index is 0.113. The normalized spacial score (nSPS) is 11.4. The topological polar surface area (TPSA) is 83.1 Å². The molecule has 0 saturated heterocycles. The van der Waals surface area contributed by atoms with Gasteiger partial charge >= 0.3 is 6.03 Å². The van der Waals surface area contributed by atoms with Crippen LogP contribution in [0.3, 0.4) is 0 Å². The van der Waals surface area contributed by atoms with Gasteiger partial charge in [-0.05, 0) is 43.3 Å². The number of thioether (sulfide) groups is 1. The Morgan fingerprint density at radius 3 is 2.09 bits per heavy atom. The molecule has 166 valence electrons. The van der Waals surface area contributed by atoms with Crippen LogP contribution < -0.4 is 16.0 Å². The van der Waals surface area contributed by atoms with Crippen molar-refractivity contribution in [3.63, 3.8) is 0 Å². The molecule has 0 bridgehead atoms. The maximum atomic E-state index is 12.6. The molecule has 0 fully saturated rings. The van der Waals surface area contributed by atoms with Crippen LogP contribution in [0.2, 0.25) is 0 Å². The van der Waals surface area contributed by atoms with Crippen molar-refractivity contribution in [2.24, 2.45) is 0 Å². The standard InChI is InChI=1S/C25H22N4O2S2/c1-17(23(30)29-25-28-22(16-32-25)18-8-4-2-5-9-18)33-21-14-12-20(13-15-21)27-24(31)26-19-10-6-3-7-11-19/h2-17H,1H3,(H2,26,27,31)(H,28,29,30). The number of amides is 3. The number of para-hydroxylation sites is 1. The van der Waals surface area contributed by atoms with Gasteiger partial charge in [0.15, 0.2) is 5.13 Å². The van der Waals surface area contributed by atoms with Crippen LogP contribution in [-0.4, -0.2) is 22.2 Å². The first-order chi connectivity index (χ1) is 16.1. The molecule has 6 nitrogen and oxygen atoms in total. The molecular formula is C25H22N4O2S2. The van der Waals surface area contributed by atoms with Gasteiger partial charge in [-0.1, -0.05) is 48.5 Å². The highest BCUT2D eigenvalue weighted by Crippen LogP contribution is 2.28. The van der Waals surface area contributed by atoms with Gasteiger partial charge in [-0.3, -0.25) is 4.79 Å². The Morgan fingerprint density at radius 1 is 0.818 bits per heavy atom. The van der Waals surface area contributed by atoms with E-state index in [0.29, 0.717) is 10.8 Å². The van der Waals surface area contributed by atoms with E-state index < -0.39 is 0 Å². The summed E-state index contributed by atoms with van der Waals surface area (Å²) in [6.45, 7) is 1.85. The van der Waals surface area contributed by atoms with E-state index in [4.69, 9.17) is 0 Å². The Hall–Kier alpha value is -3.62. The second kappa shape index (κ2) is 10.8. The highest BCUT2D eigenvalue weighted by Gasteiger charge is 2.16. The molecule has 0 aliphatic heterocycles. The van der Waals surface area contributed by atoms with Crippen molar-refractivity contribution < 1.29 is 9.59 Å². The maximum absolute atomic E-state index is 12.6. The Morgan fingerprint density at radius 2 is 1.42 bits per heavy atom. The molecular weight excluding hydrogens is 452 g/mol. The van der Waals surface area contributed by atoms with Crippen LogP contribution >= 0.6 is 23.1 Å². The summed E-state index contributed by atoms with van der Waals surface area (Å²) in [6.07, 6.45) is 0. The average molecular weight is 475 g/mol. The van der Waals surface area contributed by atoms with Gasteiger partial charge in [-0.15, -0.1) is 23.1 Å². The number of thiazole rings is 1. The quantitative estimate of drug-likeness (QED) is 0.264. The molecule has 1 unspecified atom stereocenters. The molecule has 0 aliphatic rings. The largest absolute Gasteiger partial charge is 0.323 e. The van der Waals surface area contributed by atoms with Crippen molar-refractivity contribution in [1.82, 2.24) is 4.98 Å². The Kier molecular flexibility index (Phi) is 7.39. The van der Waals surface area contributed by atoms with Crippen molar-refractivity contribution in [3.8, 4) is 11.3 Å². The predicted molar refractivity (Wildman–Crippen MR) is 137 cm³/mol. The second-order valence-corrected chi connectivity index (χ2v) is 9.40. The van der Waals surface area contributed by atoms with Gasteiger partial charge in [-0.25, -0.2) is 9.78 Å². The molecule has 3 N–H and O–H groups in total. The molecule has 0 saturated carbocycles. The molecule has 4 rings (SSSR count). The first-order valence-electron chi connectivity index (χ1n) is 10.3. The first kappa shape index (κ1) is 22.6. The van der Waals surface area contributed by atoms with Gasteiger partial charge < -0.3 is 16.0 Å². The summed E-state index contributed by atoms with van der Waals surface area (Å²) >= 11 is 2.85. The number of hydrogen-bond donors (Lipinski definition) is 3. The smallest absolute Gasteiger partial charge is 0.308 e. The molecule has 4 aromatic rings. The minimum atomic E-state index is -0.312. The molecule has 33 heavy (non-hydrogen) atoms. The van der Waals surface area contributed by atoms with Crippen LogP contribution in [0.5, 0.6) is 0 Å². The summed E-state index contributed by atoms with van der Waals surface area (Å²) < 4.78 is 0. The van der Waals surface area contributed by atoms with Crippen molar-refractivity contribution in [2.45, 2.75) is 17.1 Å². The van der Waals surface area contributed by atoms with Crippen LogP contribution in [0.25, 0.3) is 11.3 Å². The van der Waals surface area contributed by atoms with E-state index in [-0.39, 0.29) is 17.2 Å². The van der Waals surface area contributed by atoms with Gasteiger partial charge in [0.2, 0.25) is 5.91 Å². The van der Waals surface area contributed by atoms with E-state index in [9.17, 15) is 9.59 Å². The number of rotatable bonds is 7. The summed E-state index contributed by atoms with van der Waals surface area (Å²) in [4.78, 5) is 30.2. The number of anilines is 3. The third-order valence-electron chi connectivity index (χ3n) is 4.63. The number of nitrogens with zero attached hydrogens (tertiary/aromatic N) is 1. The molecule has 8 heteroatoms. The fourth-order valence-electron chi connectivity index (χ4n) is 2.97. The lowest BCUT2D eigenvalue weighted by Gasteiger charge is -2.11. The van der Waals surface area contributed by atoms with Crippen LogP contribution in [0.1, 0.15) is 6.92 Å². The lowest BCUT2D eigenvalue weighted by atomic mass is 10.2. The van der Waals surface area contributed by atoms with Crippen molar-refractivity contribution >= 4 is 51.5 Å². The molecule has 3 aromatic carbocycles. The molecule has 0 radical (unpaired) electrons. The zero-order valence-corrected chi connectivity index (χ0v) is 19.5. The molecule has 0 aliphatic carbocycles. The SMILES string of the molecule is CC(Sc1ccc(NC(=O)Nc2ccccc2)cc1)C(=O)Nc1nc(-c2ccccc2)cs1. The first-order valence-corrected chi connectivity index (χ1v) is 12.0. The van der Waals surface area contributed by atoms with Gasteiger partial charge in [0.1, 0.15) is 0 Å². The van der Waals surface area contributed by atoms with Crippen molar-refractivity contribution in [1.29, 1.82) is 0 Å². The number of carbonyl (C=O) groups excluding carboxylic acids is 2. The van der Waals surface area contributed by atoms with Crippen molar-refractivity contribution in [2.75, 3.05) is 16.0 Å². The molecule has 1 atom stereocenters. The van der Waals surface area contributed by atoms with Crippen LogP contribution in [0.15, 0.2) is 95.2 Å². The zero-order chi connectivity index (χ0) is 23.0. The van der Waals surface area contributed by atoms with Crippen LogP contribution in [0, 0.1) is 0 Å². The Labute approximate surface area is 200 Å². The van der Waals surface area contributed by atoms with Crippen LogP contribution in [0.4, 0.5) is 21.3 Å². The fraction of sp³-hybridized carbons (Fsp3) is 0.0800. The number of aromatic nitrogens is 1.